The van der Waals surface area contributed by atoms with Crippen molar-refractivity contribution in [3.63, 3.8) is 0 Å². The van der Waals surface area contributed by atoms with Crippen molar-refractivity contribution in [3.8, 4) is 11.3 Å². The molecule has 0 saturated carbocycles. The summed E-state index contributed by atoms with van der Waals surface area (Å²) in [5.74, 6) is -0.750. The minimum atomic E-state index is -0.534. The van der Waals surface area contributed by atoms with Crippen LogP contribution in [0.15, 0.2) is 60.7 Å². The molecule has 0 N–H and O–H groups in total. The second-order valence-corrected chi connectivity index (χ2v) is 7.57. The topological polar surface area (TPSA) is 68.7 Å². The van der Waals surface area contributed by atoms with Gasteiger partial charge < -0.3 is 14.4 Å². The lowest BCUT2D eigenvalue weighted by Crippen LogP contribution is -2.49. The van der Waals surface area contributed by atoms with E-state index in [1.54, 1.807) is 11.0 Å². The molecule has 3 aromatic rings. The Balaban J connectivity index is 1.56. The molecule has 0 bridgehead atoms. The summed E-state index contributed by atoms with van der Waals surface area (Å²) in [7, 11) is 0. The molecule has 0 aliphatic carbocycles. The molecule has 6 nitrogen and oxygen atoms in total. The number of hydrogen-bond acceptors (Lipinski definition) is 5. The van der Waals surface area contributed by atoms with Crippen LogP contribution in [0.5, 0.6) is 0 Å². The Kier molecular flexibility index (Phi) is 5.77. The average molecular weight is 404 g/mol. The zero-order chi connectivity index (χ0) is 21.1. The van der Waals surface area contributed by atoms with Crippen molar-refractivity contribution < 1.29 is 19.1 Å². The largest absolute Gasteiger partial charge is 0.452 e. The Hall–Kier alpha value is -3.25. The van der Waals surface area contributed by atoms with Crippen LogP contribution in [0.1, 0.15) is 24.2 Å². The maximum Gasteiger partial charge on any atom is 0.339 e. The summed E-state index contributed by atoms with van der Waals surface area (Å²) in [6, 6.07) is 18.8. The standard InChI is InChI=1S/C24H24N2O4/c1-16-13-26(14-17(2)30-16)23(27)15-29-24(28)20-12-22(18-8-4-3-5-9-18)25-21-11-7-6-10-19(20)21/h3-12,16-17H,13-15H2,1-2H3/t16-,17-/m0/s1. The number of rotatable bonds is 4. The summed E-state index contributed by atoms with van der Waals surface area (Å²) in [5.41, 5.74) is 2.69. The number of esters is 1. The van der Waals surface area contributed by atoms with Crippen molar-refractivity contribution in [2.75, 3.05) is 19.7 Å². The molecular formula is C24H24N2O4. The fraction of sp³-hybridized carbons (Fsp3) is 0.292. The number of ether oxygens (including phenoxy) is 2. The number of carbonyl (C=O) groups excluding carboxylic acids is 2. The molecule has 154 valence electrons. The van der Waals surface area contributed by atoms with Crippen molar-refractivity contribution in [1.29, 1.82) is 0 Å². The Labute approximate surface area is 175 Å². The summed E-state index contributed by atoms with van der Waals surface area (Å²) in [5, 5.41) is 0.697. The van der Waals surface area contributed by atoms with Crippen LogP contribution in [-0.2, 0) is 14.3 Å². The number of benzene rings is 2. The predicted octanol–water partition coefficient (Wildman–Crippen LogP) is 3.69. The molecule has 1 amide bonds. The molecule has 30 heavy (non-hydrogen) atoms. The highest BCUT2D eigenvalue weighted by atomic mass is 16.5. The molecule has 4 rings (SSSR count). The van der Waals surface area contributed by atoms with Crippen LogP contribution in [0.25, 0.3) is 22.2 Å². The first kappa shape index (κ1) is 20.0. The van der Waals surface area contributed by atoms with Gasteiger partial charge in [-0.1, -0.05) is 48.5 Å². The van der Waals surface area contributed by atoms with Crippen LogP contribution >= 0.6 is 0 Å². The van der Waals surface area contributed by atoms with Crippen molar-refractivity contribution >= 4 is 22.8 Å². The number of amides is 1. The molecule has 1 aliphatic heterocycles. The summed E-state index contributed by atoms with van der Waals surface area (Å²) in [6.45, 7) is 4.55. The summed E-state index contributed by atoms with van der Waals surface area (Å²) >= 11 is 0. The number of morpholine rings is 1. The van der Waals surface area contributed by atoms with Crippen LogP contribution in [0.2, 0.25) is 0 Å². The van der Waals surface area contributed by atoms with Gasteiger partial charge in [0.2, 0.25) is 0 Å². The Morgan fingerprint density at radius 1 is 1.03 bits per heavy atom. The van der Waals surface area contributed by atoms with E-state index in [2.05, 4.69) is 4.98 Å². The lowest BCUT2D eigenvalue weighted by molar-refractivity contribution is -0.146. The van der Waals surface area contributed by atoms with E-state index in [1.165, 1.54) is 0 Å². The summed E-state index contributed by atoms with van der Waals surface area (Å²) in [6.07, 6.45) is -0.0723. The maximum absolute atomic E-state index is 12.9. The first-order valence-corrected chi connectivity index (χ1v) is 10.1. The number of carbonyl (C=O) groups is 2. The number of hydrogen-bond donors (Lipinski definition) is 0. The molecule has 2 heterocycles. The minimum Gasteiger partial charge on any atom is -0.452 e. The lowest BCUT2D eigenvalue weighted by atomic mass is 10.0. The van der Waals surface area contributed by atoms with Crippen LogP contribution in [0, 0.1) is 0 Å². The van der Waals surface area contributed by atoms with Crippen LogP contribution in [-0.4, -0.2) is 53.7 Å². The molecule has 1 fully saturated rings. The molecule has 2 atom stereocenters. The summed E-state index contributed by atoms with van der Waals surface area (Å²) in [4.78, 5) is 31.8. The lowest BCUT2D eigenvalue weighted by Gasteiger charge is -2.35. The van der Waals surface area contributed by atoms with E-state index in [1.807, 2.05) is 68.4 Å². The summed E-state index contributed by atoms with van der Waals surface area (Å²) < 4.78 is 11.1. The van der Waals surface area contributed by atoms with Gasteiger partial charge in [0.05, 0.1) is 29.0 Å². The molecular weight excluding hydrogens is 380 g/mol. The number of fused-ring (bicyclic) bond motifs is 1. The third-order valence-corrected chi connectivity index (χ3v) is 5.10. The van der Waals surface area contributed by atoms with E-state index in [0.717, 1.165) is 5.56 Å². The quantitative estimate of drug-likeness (QED) is 0.621. The highest BCUT2D eigenvalue weighted by Gasteiger charge is 2.26. The van der Waals surface area contributed by atoms with Gasteiger partial charge in [0.1, 0.15) is 0 Å². The fourth-order valence-electron chi connectivity index (χ4n) is 3.78. The zero-order valence-electron chi connectivity index (χ0n) is 17.1. The first-order chi connectivity index (χ1) is 14.5. The number of aromatic nitrogens is 1. The van der Waals surface area contributed by atoms with Crippen LogP contribution in [0.3, 0.4) is 0 Å². The number of nitrogens with zero attached hydrogens (tertiary/aromatic N) is 2. The Bertz CT molecular complexity index is 1060. The predicted molar refractivity (Wildman–Crippen MR) is 114 cm³/mol. The van der Waals surface area contributed by atoms with Crippen LogP contribution < -0.4 is 0 Å². The SMILES string of the molecule is C[C@H]1CN(C(=O)COC(=O)c2cc(-c3ccccc3)nc3ccccc23)C[C@H](C)O1. The van der Waals surface area contributed by atoms with E-state index < -0.39 is 5.97 Å². The maximum atomic E-state index is 12.9. The monoisotopic (exact) mass is 404 g/mol. The number of pyridine rings is 1. The van der Waals surface area contributed by atoms with Crippen LogP contribution in [0.4, 0.5) is 0 Å². The highest BCUT2D eigenvalue weighted by Crippen LogP contribution is 2.25. The smallest absolute Gasteiger partial charge is 0.339 e. The van der Waals surface area contributed by atoms with Gasteiger partial charge in [0.25, 0.3) is 5.91 Å². The molecule has 6 heteroatoms. The fourth-order valence-corrected chi connectivity index (χ4v) is 3.78. The van der Waals surface area contributed by atoms with Crippen molar-refractivity contribution in [2.45, 2.75) is 26.1 Å². The van der Waals surface area contributed by atoms with Crippen molar-refractivity contribution in [1.82, 2.24) is 9.88 Å². The Morgan fingerprint density at radius 2 is 1.70 bits per heavy atom. The zero-order valence-corrected chi connectivity index (χ0v) is 17.1. The van der Waals surface area contributed by atoms with Crippen molar-refractivity contribution in [2.24, 2.45) is 0 Å². The van der Waals surface area contributed by atoms with Gasteiger partial charge in [-0.15, -0.1) is 0 Å². The molecule has 0 unspecified atom stereocenters. The van der Waals surface area contributed by atoms with E-state index in [4.69, 9.17) is 9.47 Å². The second-order valence-electron chi connectivity index (χ2n) is 7.57. The normalized spacial score (nSPS) is 18.9. The highest BCUT2D eigenvalue weighted by molar-refractivity contribution is 6.05. The van der Waals surface area contributed by atoms with Crippen molar-refractivity contribution in [3.05, 3.63) is 66.2 Å². The molecule has 1 aromatic heterocycles. The van der Waals surface area contributed by atoms with Gasteiger partial charge in [-0.25, -0.2) is 9.78 Å². The van der Waals surface area contributed by atoms with Gasteiger partial charge in [-0.2, -0.15) is 0 Å². The molecule has 1 aliphatic rings. The van der Waals surface area contributed by atoms with Gasteiger partial charge in [-0.3, -0.25) is 4.79 Å². The number of para-hydroxylation sites is 1. The Morgan fingerprint density at radius 3 is 2.43 bits per heavy atom. The molecule has 1 saturated heterocycles. The van der Waals surface area contributed by atoms with E-state index in [9.17, 15) is 9.59 Å². The van der Waals surface area contributed by atoms with Gasteiger partial charge in [0, 0.05) is 24.0 Å². The average Bonchev–Trinajstić information content (AvgIpc) is 2.76. The first-order valence-electron chi connectivity index (χ1n) is 10.1. The molecule has 2 aromatic carbocycles. The minimum absolute atomic E-state index is 0.0361. The third kappa shape index (κ3) is 4.33. The van der Waals surface area contributed by atoms with E-state index in [-0.39, 0.29) is 24.7 Å². The van der Waals surface area contributed by atoms with E-state index in [0.29, 0.717) is 35.2 Å². The third-order valence-electron chi connectivity index (χ3n) is 5.10. The van der Waals surface area contributed by atoms with Gasteiger partial charge in [-0.05, 0) is 26.0 Å². The van der Waals surface area contributed by atoms with E-state index >= 15 is 0 Å². The van der Waals surface area contributed by atoms with Gasteiger partial charge >= 0.3 is 5.97 Å². The molecule has 0 radical (unpaired) electrons. The second kappa shape index (κ2) is 8.63. The molecule has 0 spiro atoms. The van der Waals surface area contributed by atoms with Gasteiger partial charge in [0.15, 0.2) is 6.61 Å².